The number of aromatic hydroxyl groups is 2. The van der Waals surface area contributed by atoms with Gasteiger partial charge in [-0.1, -0.05) is 23.7 Å². The van der Waals surface area contributed by atoms with E-state index >= 15 is 0 Å². The van der Waals surface area contributed by atoms with Crippen molar-refractivity contribution in [3.05, 3.63) is 70.9 Å². The fourth-order valence-electron chi connectivity index (χ4n) is 2.45. The van der Waals surface area contributed by atoms with Crippen LogP contribution in [0.4, 0.5) is 5.82 Å². The molecule has 0 spiro atoms. The van der Waals surface area contributed by atoms with Crippen molar-refractivity contribution in [2.75, 3.05) is 11.9 Å². The van der Waals surface area contributed by atoms with E-state index in [1.165, 1.54) is 18.3 Å². The third kappa shape index (κ3) is 4.80. The lowest BCUT2D eigenvalue weighted by Crippen LogP contribution is -2.22. The number of aromatic nitrogens is 2. The van der Waals surface area contributed by atoms with Crippen molar-refractivity contribution in [1.29, 1.82) is 0 Å². The third-order valence-corrected chi connectivity index (χ3v) is 3.98. The summed E-state index contributed by atoms with van der Waals surface area (Å²) < 4.78 is 6.46. The van der Waals surface area contributed by atoms with Crippen molar-refractivity contribution in [3.8, 4) is 11.5 Å². The van der Waals surface area contributed by atoms with Crippen molar-refractivity contribution >= 4 is 29.3 Å². The molecule has 1 heterocycles. The van der Waals surface area contributed by atoms with Crippen molar-refractivity contribution < 1.29 is 24.5 Å². The number of amides is 1. The largest absolute Gasteiger partial charge is 0.508 e. The van der Waals surface area contributed by atoms with Crippen molar-refractivity contribution in [3.63, 3.8) is 0 Å². The summed E-state index contributed by atoms with van der Waals surface area (Å²) >= 11 is 5.97. The van der Waals surface area contributed by atoms with Crippen molar-refractivity contribution in [2.24, 2.45) is 0 Å². The average molecular weight is 402 g/mol. The minimum atomic E-state index is -0.889. The summed E-state index contributed by atoms with van der Waals surface area (Å²) in [5, 5.41) is 26.2. The first-order valence-electron chi connectivity index (χ1n) is 8.17. The SMILES string of the molecule is O=C(COC(=O)c1ccc(O)cc1O)Nc1ccnn1Cc1cccc(Cl)c1. The van der Waals surface area contributed by atoms with Gasteiger partial charge in [-0.25, -0.2) is 9.48 Å². The third-order valence-electron chi connectivity index (χ3n) is 3.74. The maximum atomic E-state index is 12.1. The topological polar surface area (TPSA) is 114 Å². The summed E-state index contributed by atoms with van der Waals surface area (Å²) in [6.07, 6.45) is 1.53. The van der Waals surface area contributed by atoms with Gasteiger partial charge in [0.15, 0.2) is 6.61 Å². The molecule has 0 saturated heterocycles. The molecule has 1 amide bonds. The van der Waals surface area contributed by atoms with Gasteiger partial charge in [0.2, 0.25) is 0 Å². The van der Waals surface area contributed by atoms with Crippen LogP contribution in [0.3, 0.4) is 0 Å². The van der Waals surface area contributed by atoms with Gasteiger partial charge in [0.1, 0.15) is 22.9 Å². The first kappa shape index (κ1) is 19.2. The molecule has 0 aliphatic rings. The van der Waals surface area contributed by atoms with Crippen molar-refractivity contribution in [2.45, 2.75) is 6.54 Å². The second kappa shape index (κ2) is 8.45. The number of anilines is 1. The molecule has 3 aromatic rings. The quantitative estimate of drug-likeness (QED) is 0.547. The van der Waals surface area contributed by atoms with E-state index in [9.17, 15) is 19.8 Å². The summed E-state index contributed by atoms with van der Waals surface area (Å²) in [6, 6.07) is 12.3. The molecular formula is C19H16ClN3O5. The van der Waals surface area contributed by atoms with Gasteiger partial charge in [-0.3, -0.25) is 4.79 Å². The van der Waals surface area contributed by atoms with Gasteiger partial charge in [-0.05, 0) is 29.8 Å². The number of nitrogens with zero attached hydrogens (tertiary/aromatic N) is 2. The van der Waals surface area contributed by atoms with Crippen LogP contribution < -0.4 is 5.32 Å². The Kier molecular flexibility index (Phi) is 5.81. The highest BCUT2D eigenvalue weighted by molar-refractivity contribution is 6.30. The Balaban J connectivity index is 1.58. The van der Waals surface area contributed by atoms with Gasteiger partial charge >= 0.3 is 5.97 Å². The minimum Gasteiger partial charge on any atom is -0.508 e. The van der Waals surface area contributed by atoms with Gasteiger partial charge in [-0.15, -0.1) is 0 Å². The molecule has 3 rings (SSSR count). The Bertz CT molecular complexity index is 1020. The number of nitrogens with one attached hydrogen (secondary N) is 1. The number of halogens is 1. The Morgan fingerprint density at radius 1 is 1.14 bits per heavy atom. The van der Waals surface area contributed by atoms with Crippen molar-refractivity contribution in [1.82, 2.24) is 9.78 Å². The first-order valence-corrected chi connectivity index (χ1v) is 8.55. The van der Waals surface area contributed by atoms with E-state index in [4.69, 9.17) is 16.3 Å². The number of esters is 1. The molecule has 0 unspecified atom stereocenters. The normalized spacial score (nSPS) is 10.5. The van der Waals surface area contributed by atoms with E-state index in [2.05, 4.69) is 10.4 Å². The number of ether oxygens (including phenoxy) is 1. The average Bonchev–Trinajstić information content (AvgIpc) is 3.06. The summed E-state index contributed by atoms with van der Waals surface area (Å²) in [5.74, 6) is -1.67. The second-order valence-corrected chi connectivity index (χ2v) is 6.27. The first-order chi connectivity index (χ1) is 13.4. The van der Waals surface area contributed by atoms with Gasteiger partial charge < -0.3 is 20.3 Å². The van der Waals surface area contributed by atoms with Crippen LogP contribution in [0.2, 0.25) is 5.02 Å². The van der Waals surface area contributed by atoms with Crippen LogP contribution >= 0.6 is 11.6 Å². The molecule has 0 aliphatic carbocycles. The number of benzene rings is 2. The number of phenols is 2. The molecule has 1 aromatic heterocycles. The van der Waals surface area contributed by atoms with Gasteiger partial charge in [-0.2, -0.15) is 5.10 Å². The lowest BCUT2D eigenvalue weighted by molar-refractivity contribution is -0.119. The maximum absolute atomic E-state index is 12.1. The van der Waals surface area contributed by atoms with E-state index in [1.54, 1.807) is 22.9 Å². The molecule has 3 N–H and O–H groups in total. The highest BCUT2D eigenvalue weighted by Crippen LogP contribution is 2.23. The minimum absolute atomic E-state index is 0.156. The van der Waals surface area contributed by atoms with Gasteiger partial charge in [0, 0.05) is 17.2 Å². The summed E-state index contributed by atoms with van der Waals surface area (Å²) in [4.78, 5) is 24.0. The predicted molar refractivity (Wildman–Crippen MR) is 101 cm³/mol. The van der Waals surface area contributed by atoms with E-state index in [0.717, 1.165) is 11.6 Å². The molecule has 28 heavy (non-hydrogen) atoms. The number of hydrogen-bond donors (Lipinski definition) is 3. The molecule has 9 heteroatoms. The van der Waals surface area contributed by atoms with E-state index < -0.39 is 24.2 Å². The highest BCUT2D eigenvalue weighted by atomic mass is 35.5. The van der Waals surface area contributed by atoms with Gasteiger partial charge in [0.25, 0.3) is 5.91 Å². The fraction of sp³-hybridized carbons (Fsp3) is 0.105. The molecule has 0 saturated carbocycles. The zero-order chi connectivity index (χ0) is 20.1. The lowest BCUT2D eigenvalue weighted by Gasteiger charge is -2.10. The van der Waals surface area contributed by atoms with Gasteiger partial charge in [0.05, 0.1) is 12.7 Å². The molecule has 0 fully saturated rings. The monoisotopic (exact) mass is 401 g/mol. The van der Waals surface area contributed by atoms with Crippen LogP contribution in [0.25, 0.3) is 0 Å². The maximum Gasteiger partial charge on any atom is 0.342 e. The molecule has 144 valence electrons. The molecule has 0 bridgehead atoms. The predicted octanol–water partition coefficient (Wildman–Crippen LogP) is 2.79. The Labute approximate surface area is 164 Å². The van der Waals surface area contributed by atoms with E-state index in [-0.39, 0.29) is 11.3 Å². The number of hydrogen-bond acceptors (Lipinski definition) is 6. The number of phenolic OH excluding ortho intramolecular Hbond substituents is 2. The number of rotatable bonds is 6. The van der Waals surface area contributed by atoms with Crippen LogP contribution in [0.15, 0.2) is 54.7 Å². The molecule has 2 aromatic carbocycles. The molecule has 0 radical (unpaired) electrons. The summed E-state index contributed by atoms with van der Waals surface area (Å²) in [7, 11) is 0. The standard InChI is InChI=1S/C19H16ClN3O5/c20-13-3-1-2-12(8-13)10-23-17(6-7-21-23)22-18(26)11-28-19(27)15-5-4-14(24)9-16(15)25/h1-9,24-25H,10-11H2,(H,22,26). The molecule has 0 aliphatic heterocycles. The van der Waals surface area contributed by atoms with Crippen LogP contribution in [0.5, 0.6) is 11.5 Å². The second-order valence-electron chi connectivity index (χ2n) is 5.83. The fourth-order valence-corrected chi connectivity index (χ4v) is 2.67. The van der Waals surface area contributed by atoms with E-state index in [0.29, 0.717) is 17.4 Å². The summed E-state index contributed by atoms with van der Waals surface area (Å²) in [5.41, 5.74) is 0.748. The summed E-state index contributed by atoms with van der Waals surface area (Å²) in [6.45, 7) is -0.161. The number of carbonyl (C=O) groups excluding carboxylic acids is 2. The molecular weight excluding hydrogens is 386 g/mol. The van der Waals surface area contributed by atoms with Crippen LogP contribution in [-0.4, -0.2) is 38.5 Å². The van der Waals surface area contributed by atoms with Crippen LogP contribution in [0, 0.1) is 0 Å². The smallest absolute Gasteiger partial charge is 0.342 e. The molecule has 8 nitrogen and oxygen atoms in total. The zero-order valence-electron chi connectivity index (χ0n) is 14.5. The molecule has 0 atom stereocenters. The number of carbonyl (C=O) groups is 2. The lowest BCUT2D eigenvalue weighted by atomic mass is 10.2. The Hall–Kier alpha value is -3.52. The zero-order valence-corrected chi connectivity index (χ0v) is 15.3. The Morgan fingerprint density at radius 2 is 1.96 bits per heavy atom. The van der Waals surface area contributed by atoms with E-state index in [1.807, 2.05) is 12.1 Å². The Morgan fingerprint density at radius 3 is 2.71 bits per heavy atom. The highest BCUT2D eigenvalue weighted by Gasteiger charge is 2.16. The van der Waals surface area contributed by atoms with Crippen LogP contribution in [-0.2, 0) is 16.1 Å². The van der Waals surface area contributed by atoms with Crippen LogP contribution in [0.1, 0.15) is 15.9 Å².